The summed E-state index contributed by atoms with van der Waals surface area (Å²) >= 11 is 0. The molecule has 3 aromatic carbocycles. The lowest BCUT2D eigenvalue weighted by Crippen LogP contribution is -2.53. The second kappa shape index (κ2) is 12.7. The van der Waals surface area contributed by atoms with Crippen LogP contribution in [0, 0.1) is 0 Å². The maximum atomic E-state index is 13.8. The summed E-state index contributed by atoms with van der Waals surface area (Å²) in [5.41, 5.74) is 1.42. The lowest BCUT2D eigenvalue weighted by Gasteiger charge is -2.32. The first kappa shape index (κ1) is 27.4. The van der Waals surface area contributed by atoms with Crippen molar-refractivity contribution in [1.29, 1.82) is 0 Å². The molecule has 1 atom stereocenters. The summed E-state index contributed by atoms with van der Waals surface area (Å²) in [5.74, 6) is -0.645. The molecule has 1 saturated carbocycles. The van der Waals surface area contributed by atoms with Gasteiger partial charge in [0, 0.05) is 12.6 Å². The second-order valence-corrected chi connectivity index (χ2v) is 11.5. The van der Waals surface area contributed by atoms with Gasteiger partial charge in [-0.05, 0) is 56.0 Å². The number of anilines is 1. The zero-order valence-corrected chi connectivity index (χ0v) is 22.5. The first-order chi connectivity index (χ1) is 18.4. The minimum absolute atomic E-state index is 0.0968. The van der Waals surface area contributed by atoms with Gasteiger partial charge in [0.15, 0.2) is 0 Å². The van der Waals surface area contributed by atoms with Crippen molar-refractivity contribution in [3.63, 3.8) is 0 Å². The zero-order chi connectivity index (χ0) is 27.0. The molecule has 1 N–H and O–H groups in total. The van der Waals surface area contributed by atoms with Crippen molar-refractivity contribution in [2.24, 2.45) is 0 Å². The highest BCUT2D eigenvalue weighted by molar-refractivity contribution is 7.92. The Kier molecular flexibility index (Phi) is 9.18. The average Bonchev–Trinajstić information content (AvgIpc) is 3.46. The fourth-order valence-electron chi connectivity index (χ4n) is 4.80. The number of rotatable bonds is 11. The van der Waals surface area contributed by atoms with Crippen molar-refractivity contribution in [3.05, 3.63) is 96.6 Å². The van der Waals surface area contributed by atoms with Crippen molar-refractivity contribution in [2.75, 3.05) is 17.4 Å². The number of carbonyl (C=O) groups excluding carboxylic acids is 2. The van der Waals surface area contributed by atoms with Crippen LogP contribution in [0.15, 0.2) is 95.9 Å². The van der Waals surface area contributed by atoms with Crippen LogP contribution in [0.5, 0.6) is 0 Å². The topological polar surface area (TPSA) is 86.8 Å². The number of nitrogens with zero attached hydrogens (tertiary/aromatic N) is 2. The molecule has 0 aliphatic heterocycles. The van der Waals surface area contributed by atoms with Crippen LogP contribution in [-0.2, 0) is 26.0 Å². The molecular formula is C30H35N3O4S. The lowest BCUT2D eigenvalue weighted by molar-refractivity contribution is -0.139. The Morgan fingerprint density at radius 3 is 2.03 bits per heavy atom. The summed E-state index contributed by atoms with van der Waals surface area (Å²) in [5, 5.41) is 3.09. The molecule has 0 aromatic heterocycles. The number of para-hydroxylation sites is 1. The molecule has 1 unspecified atom stereocenters. The molecule has 0 bridgehead atoms. The number of amides is 2. The van der Waals surface area contributed by atoms with Gasteiger partial charge in [-0.25, -0.2) is 8.42 Å². The van der Waals surface area contributed by atoms with Crippen LogP contribution < -0.4 is 9.62 Å². The molecule has 38 heavy (non-hydrogen) atoms. The molecule has 8 heteroatoms. The fraction of sp³-hybridized carbons (Fsp3) is 0.333. The summed E-state index contributed by atoms with van der Waals surface area (Å²) in [7, 11) is -4.03. The van der Waals surface area contributed by atoms with Crippen LogP contribution in [-0.4, -0.2) is 50.3 Å². The maximum Gasteiger partial charge on any atom is 0.264 e. The number of carbonyl (C=O) groups is 2. The molecule has 7 nitrogen and oxygen atoms in total. The molecule has 1 fully saturated rings. The molecule has 1 aliphatic rings. The molecular weight excluding hydrogens is 498 g/mol. The number of benzene rings is 3. The minimum Gasteiger partial charge on any atom is -0.352 e. The number of nitrogens with one attached hydrogen (secondary N) is 1. The van der Waals surface area contributed by atoms with E-state index in [1.54, 1.807) is 55.5 Å². The SMILES string of the molecule is CC(C(=O)NC1CCCC1)N(CCc1ccccc1)C(=O)CN(c1ccccc1)S(=O)(=O)c1ccccc1. The van der Waals surface area contributed by atoms with E-state index in [1.807, 2.05) is 30.3 Å². The molecule has 200 valence electrons. The fourth-order valence-corrected chi connectivity index (χ4v) is 6.24. The van der Waals surface area contributed by atoms with E-state index < -0.39 is 28.5 Å². The average molecular weight is 534 g/mol. The van der Waals surface area contributed by atoms with Gasteiger partial charge in [0.25, 0.3) is 10.0 Å². The molecule has 0 saturated heterocycles. The Morgan fingerprint density at radius 1 is 0.868 bits per heavy atom. The number of sulfonamides is 1. The summed E-state index contributed by atoms with van der Waals surface area (Å²) in [6.07, 6.45) is 4.59. The van der Waals surface area contributed by atoms with E-state index in [4.69, 9.17) is 0 Å². The normalized spacial score (nSPS) is 14.6. The molecule has 4 rings (SSSR count). The predicted octanol–water partition coefficient (Wildman–Crippen LogP) is 4.40. The predicted molar refractivity (Wildman–Crippen MR) is 149 cm³/mol. The van der Waals surface area contributed by atoms with Gasteiger partial charge >= 0.3 is 0 Å². The molecule has 0 heterocycles. The molecule has 0 radical (unpaired) electrons. The van der Waals surface area contributed by atoms with Gasteiger partial charge in [-0.1, -0.05) is 79.6 Å². The van der Waals surface area contributed by atoms with E-state index in [0.29, 0.717) is 12.1 Å². The van der Waals surface area contributed by atoms with Crippen LogP contribution in [0.2, 0.25) is 0 Å². The van der Waals surface area contributed by atoms with Gasteiger partial charge in [-0.15, -0.1) is 0 Å². The van der Waals surface area contributed by atoms with Crippen LogP contribution in [0.25, 0.3) is 0 Å². The Labute approximate surface area is 225 Å². The van der Waals surface area contributed by atoms with Gasteiger partial charge in [0.2, 0.25) is 11.8 Å². The van der Waals surface area contributed by atoms with Crippen LogP contribution in [0.3, 0.4) is 0 Å². The molecule has 2 amide bonds. The Morgan fingerprint density at radius 2 is 1.42 bits per heavy atom. The number of hydrogen-bond acceptors (Lipinski definition) is 4. The van der Waals surface area contributed by atoms with Crippen LogP contribution >= 0.6 is 0 Å². The highest BCUT2D eigenvalue weighted by Gasteiger charge is 2.33. The van der Waals surface area contributed by atoms with E-state index in [-0.39, 0.29) is 23.4 Å². The second-order valence-electron chi connectivity index (χ2n) is 9.65. The highest BCUT2D eigenvalue weighted by atomic mass is 32.2. The van der Waals surface area contributed by atoms with E-state index >= 15 is 0 Å². The Balaban J connectivity index is 1.61. The largest absolute Gasteiger partial charge is 0.352 e. The summed E-state index contributed by atoms with van der Waals surface area (Å²) in [6, 6.07) is 25.8. The van der Waals surface area contributed by atoms with E-state index in [2.05, 4.69) is 5.32 Å². The Hall–Kier alpha value is -3.65. The smallest absolute Gasteiger partial charge is 0.264 e. The third kappa shape index (κ3) is 6.81. The van der Waals surface area contributed by atoms with Crippen molar-refractivity contribution in [2.45, 2.75) is 56.0 Å². The summed E-state index contributed by atoms with van der Waals surface area (Å²) in [4.78, 5) is 28.6. The zero-order valence-electron chi connectivity index (χ0n) is 21.7. The van der Waals surface area contributed by atoms with E-state index in [0.717, 1.165) is 35.6 Å². The monoisotopic (exact) mass is 533 g/mol. The van der Waals surface area contributed by atoms with Crippen molar-refractivity contribution in [3.8, 4) is 0 Å². The Bertz CT molecular complexity index is 1300. The third-order valence-corrected chi connectivity index (χ3v) is 8.80. The van der Waals surface area contributed by atoms with E-state index in [9.17, 15) is 18.0 Å². The molecule has 0 spiro atoms. The first-order valence-electron chi connectivity index (χ1n) is 13.1. The van der Waals surface area contributed by atoms with Gasteiger partial charge in [0.1, 0.15) is 12.6 Å². The standard InChI is InChI=1S/C30H35N3O4S/c1-24(30(35)31-26-15-11-12-16-26)32(22-21-25-13-5-2-6-14-25)29(34)23-33(27-17-7-3-8-18-27)38(36,37)28-19-9-4-10-20-28/h2-10,13-14,17-20,24,26H,11-12,15-16,21-23H2,1H3,(H,31,35). The minimum atomic E-state index is -4.03. The van der Waals surface area contributed by atoms with Crippen LogP contribution in [0.4, 0.5) is 5.69 Å². The van der Waals surface area contributed by atoms with Gasteiger partial charge in [-0.2, -0.15) is 0 Å². The van der Waals surface area contributed by atoms with Gasteiger partial charge < -0.3 is 10.2 Å². The molecule has 3 aromatic rings. The summed E-state index contributed by atoms with van der Waals surface area (Å²) < 4.78 is 28.5. The maximum absolute atomic E-state index is 13.8. The molecule has 1 aliphatic carbocycles. The van der Waals surface area contributed by atoms with Crippen molar-refractivity contribution >= 4 is 27.5 Å². The van der Waals surface area contributed by atoms with Gasteiger partial charge in [0.05, 0.1) is 10.6 Å². The first-order valence-corrected chi connectivity index (χ1v) is 14.6. The third-order valence-electron chi connectivity index (χ3n) is 7.01. The quantitative estimate of drug-likeness (QED) is 0.396. The highest BCUT2D eigenvalue weighted by Crippen LogP contribution is 2.24. The lowest BCUT2D eigenvalue weighted by atomic mass is 10.1. The van der Waals surface area contributed by atoms with E-state index in [1.165, 1.54) is 17.0 Å². The number of hydrogen-bond donors (Lipinski definition) is 1. The van der Waals surface area contributed by atoms with Crippen molar-refractivity contribution in [1.82, 2.24) is 10.2 Å². The van der Waals surface area contributed by atoms with Crippen molar-refractivity contribution < 1.29 is 18.0 Å². The van der Waals surface area contributed by atoms with Crippen LogP contribution in [0.1, 0.15) is 38.2 Å². The van der Waals surface area contributed by atoms with Gasteiger partial charge in [-0.3, -0.25) is 13.9 Å². The summed E-state index contributed by atoms with van der Waals surface area (Å²) in [6.45, 7) is 1.58.